The van der Waals surface area contributed by atoms with Gasteiger partial charge < -0.3 is 14.8 Å². The first kappa shape index (κ1) is 24.1. The molecule has 8 heteroatoms. The van der Waals surface area contributed by atoms with Crippen LogP contribution in [0.4, 0.5) is 5.69 Å². The Bertz CT molecular complexity index is 1330. The third-order valence-electron chi connectivity index (χ3n) is 5.25. The third kappa shape index (κ3) is 5.55. The summed E-state index contributed by atoms with van der Waals surface area (Å²) in [5.74, 6) is -1.49. The number of ether oxygens (including phenoxy) is 2. The fourth-order valence-corrected chi connectivity index (χ4v) is 4.48. The molecule has 0 radical (unpaired) electrons. The van der Waals surface area contributed by atoms with E-state index in [1.54, 1.807) is 50.2 Å². The molecule has 4 aromatic rings. The molecule has 0 saturated heterocycles. The molecule has 0 spiro atoms. The molecular weight excluding hydrogens is 464 g/mol. The maximum Gasteiger partial charge on any atom is 0.339 e. The lowest BCUT2D eigenvalue weighted by molar-refractivity contribution is -0.124. The average Bonchev–Trinajstić information content (AvgIpc) is 3.32. The van der Waals surface area contributed by atoms with Crippen molar-refractivity contribution in [3.8, 4) is 10.6 Å². The van der Waals surface area contributed by atoms with Crippen LogP contribution >= 0.6 is 11.3 Å². The number of nitrogens with one attached hydrogen (secondary N) is 1. The second-order valence-corrected chi connectivity index (χ2v) is 8.65. The molecule has 1 heterocycles. The van der Waals surface area contributed by atoms with Gasteiger partial charge >= 0.3 is 11.9 Å². The van der Waals surface area contributed by atoms with Crippen molar-refractivity contribution in [2.24, 2.45) is 0 Å². The highest BCUT2D eigenvalue weighted by Crippen LogP contribution is 2.32. The maximum atomic E-state index is 13.1. The molecule has 3 aromatic carbocycles. The molecule has 0 aliphatic heterocycles. The van der Waals surface area contributed by atoms with Crippen molar-refractivity contribution in [1.29, 1.82) is 0 Å². The number of anilines is 1. The summed E-state index contributed by atoms with van der Waals surface area (Å²) in [5.41, 5.74) is 2.72. The van der Waals surface area contributed by atoms with Crippen molar-refractivity contribution in [1.82, 2.24) is 4.98 Å². The highest BCUT2D eigenvalue weighted by atomic mass is 32.1. The van der Waals surface area contributed by atoms with E-state index in [-0.39, 0.29) is 6.61 Å². The van der Waals surface area contributed by atoms with Crippen molar-refractivity contribution in [2.75, 3.05) is 11.9 Å². The summed E-state index contributed by atoms with van der Waals surface area (Å²) in [7, 11) is 0. The zero-order chi connectivity index (χ0) is 24.8. The van der Waals surface area contributed by atoms with Crippen LogP contribution in [0, 0.1) is 0 Å². The molecule has 1 unspecified atom stereocenters. The van der Waals surface area contributed by atoms with E-state index >= 15 is 0 Å². The molecule has 1 amide bonds. The molecule has 0 saturated carbocycles. The molecule has 1 atom stereocenters. The zero-order valence-electron chi connectivity index (χ0n) is 19.3. The van der Waals surface area contributed by atoms with Crippen molar-refractivity contribution in [3.63, 3.8) is 0 Å². The Kier molecular flexibility index (Phi) is 7.52. The minimum atomic E-state index is -0.990. The van der Waals surface area contributed by atoms with E-state index in [0.717, 1.165) is 10.2 Å². The van der Waals surface area contributed by atoms with E-state index in [0.29, 0.717) is 33.8 Å². The third-order valence-corrected chi connectivity index (χ3v) is 6.32. The highest BCUT2D eigenvalue weighted by molar-refractivity contribution is 7.21. The number of carbonyl (C=O) groups is 3. The normalized spacial score (nSPS) is 11.6. The molecule has 1 N–H and O–H groups in total. The predicted molar refractivity (Wildman–Crippen MR) is 136 cm³/mol. The number of para-hydroxylation sites is 1. The van der Waals surface area contributed by atoms with Gasteiger partial charge in [0.05, 0.1) is 28.0 Å². The highest BCUT2D eigenvalue weighted by Gasteiger charge is 2.24. The second kappa shape index (κ2) is 10.9. The van der Waals surface area contributed by atoms with Gasteiger partial charge in [0.2, 0.25) is 0 Å². The zero-order valence-corrected chi connectivity index (χ0v) is 20.1. The van der Waals surface area contributed by atoms with Gasteiger partial charge in [-0.3, -0.25) is 4.79 Å². The van der Waals surface area contributed by atoms with Crippen molar-refractivity contribution in [2.45, 2.75) is 26.4 Å². The fourth-order valence-electron chi connectivity index (χ4n) is 3.48. The molecular formula is C27H24N2O5S. The first-order valence-electron chi connectivity index (χ1n) is 11.2. The van der Waals surface area contributed by atoms with Crippen LogP contribution < -0.4 is 5.32 Å². The van der Waals surface area contributed by atoms with Gasteiger partial charge in [-0.25, -0.2) is 14.6 Å². The number of thiazole rings is 1. The first-order valence-corrected chi connectivity index (χ1v) is 12.1. The van der Waals surface area contributed by atoms with Gasteiger partial charge in [-0.1, -0.05) is 37.3 Å². The molecule has 0 fully saturated rings. The molecule has 4 rings (SSSR count). The Hall–Kier alpha value is -4.04. The van der Waals surface area contributed by atoms with Gasteiger partial charge in [-0.05, 0) is 55.8 Å². The predicted octanol–water partition coefficient (Wildman–Crippen LogP) is 5.71. The molecule has 0 aliphatic carbocycles. The number of esters is 2. The van der Waals surface area contributed by atoms with Gasteiger partial charge in [-0.15, -0.1) is 11.3 Å². The molecule has 178 valence electrons. The second-order valence-electron chi connectivity index (χ2n) is 7.62. The van der Waals surface area contributed by atoms with Crippen LogP contribution in [-0.4, -0.2) is 35.5 Å². The molecule has 1 aromatic heterocycles. The summed E-state index contributed by atoms with van der Waals surface area (Å²) >= 11 is 1.49. The molecule has 0 bridgehead atoms. The number of rotatable bonds is 8. The van der Waals surface area contributed by atoms with Gasteiger partial charge in [0.25, 0.3) is 5.91 Å². The Morgan fingerprint density at radius 2 is 1.63 bits per heavy atom. The lowest BCUT2D eigenvalue weighted by atomic mass is 10.1. The van der Waals surface area contributed by atoms with Crippen molar-refractivity contribution in [3.05, 3.63) is 83.9 Å². The van der Waals surface area contributed by atoms with E-state index in [9.17, 15) is 14.4 Å². The monoisotopic (exact) mass is 488 g/mol. The van der Waals surface area contributed by atoms with Crippen LogP contribution in [0.3, 0.4) is 0 Å². The fraction of sp³-hybridized carbons (Fsp3) is 0.185. The standard InChI is InChI=1S/C27H24N2O5S/c1-3-22(24(30)28-18-15-13-17(14-16-18)26(31)33-4-2)34-27(32)20-10-6-5-9-19(20)25-29-21-11-7-8-12-23(21)35-25/h5-16,22H,3-4H2,1-2H3,(H,28,30). The van der Waals surface area contributed by atoms with Gasteiger partial charge in [0.1, 0.15) is 5.01 Å². The number of hydrogen-bond acceptors (Lipinski definition) is 7. The Labute approximate surface area is 206 Å². The maximum absolute atomic E-state index is 13.1. The van der Waals surface area contributed by atoms with Gasteiger partial charge in [0.15, 0.2) is 6.10 Å². The summed E-state index contributed by atoms with van der Waals surface area (Å²) < 4.78 is 11.6. The quantitative estimate of drug-likeness (QED) is 0.319. The topological polar surface area (TPSA) is 94.6 Å². The number of nitrogens with zero attached hydrogens (tertiary/aromatic N) is 1. The van der Waals surface area contributed by atoms with Crippen LogP contribution in [0.1, 0.15) is 41.0 Å². The SMILES string of the molecule is CCOC(=O)c1ccc(NC(=O)C(CC)OC(=O)c2ccccc2-c2nc3ccccc3s2)cc1. The van der Waals surface area contributed by atoms with Gasteiger partial charge in [0, 0.05) is 11.3 Å². The van der Waals surface area contributed by atoms with Crippen LogP contribution in [0.2, 0.25) is 0 Å². The van der Waals surface area contributed by atoms with E-state index < -0.39 is 23.9 Å². The number of benzene rings is 3. The minimum Gasteiger partial charge on any atom is -0.462 e. The van der Waals surface area contributed by atoms with E-state index in [1.807, 2.05) is 36.4 Å². The Morgan fingerprint density at radius 1 is 0.914 bits per heavy atom. The number of amides is 1. The van der Waals surface area contributed by atoms with Crippen LogP contribution in [0.15, 0.2) is 72.8 Å². The number of aromatic nitrogens is 1. The number of carbonyl (C=O) groups excluding carboxylic acids is 3. The summed E-state index contributed by atoms with van der Waals surface area (Å²) in [4.78, 5) is 42.3. The number of fused-ring (bicyclic) bond motifs is 1. The van der Waals surface area contributed by atoms with Gasteiger partial charge in [-0.2, -0.15) is 0 Å². The smallest absolute Gasteiger partial charge is 0.339 e. The largest absolute Gasteiger partial charge is 0.462 e. The minimum absolute atomic E-state index is 0.281. The number of hydrogen-bond donors (Lipinski definition) is 1. The van der Waals surface area contributed by atoms with Crippen molar-refractivity contribution >= 4 is 45.1 Å². The lowest BCUT2D eigenvalue weighted by Gasteiger charge is -2.17. The van der Waals surface area contributed by atoms with Crippen LogP contribution in [-0.2, 0) is 14.3 Å². The first-order chi connectivity index (χ1) is 17.0. The average molecular weight is 489 g/mol. The summed E-state index contributed by atoms with van der Waals surface area (Å²) in [6.07, 6.45) is -0.697. The lowest BCUT2D eigenvalue weighted by Crippen LogP contribution is -2.32. The van der Waals surface area contributed by atoms with E-state index in [4.69, 9.17) is 9.47 Å². The van der Waals surface area contributed by atoms with Crippen molar-refractivity contribution < 1.29 is 23.9 Å². The summed E-state index contributed by atoms with van der Waals surface area (Å²) in [6.45, 7) is 3.78. The summed E-state index contributed by atoms with van der Waals surface area (Å²) in [5, 5.41) is 3.44. The van der Waals surface area contributed by atoms with Crippen LogP contribution in [0.5, 0.6) is 0 Å². The molecule has 0 aliphatic rings. The van der Waals surface area contributed by atoms with Crippen LogP contribution in [0.25, 0.3) is 20.8 Å². The molecule has 35 heavy (non-hydrogen) atoms. The van der Waals surface area contributed by atoms with E-state index in [1.165, 1.54) is 11.3 Å². The summed E-state index contributed by atoms with van der Waals surface area (Å²) in [6, 6.07) is 21.2. The van der Waals surface area contributed by atoms with E-state index in [2.05, 4.69) is 10.3 Å². The molecule has 7 nitrogen and oxygen atoms in total. The Balaban J connectivity index is 1.48. The Morgan fingerprint density at radius 3 is 2.34 bits per heavy atom.